The first-order chi connectivity index (χ1) is 13.5. The molecular formula is C26H35ClO. The second-order valence-corrected chi connectivity index (χ2v) is 7.62. The molecule has 0 spiro atoms. The summed E-state index contributed by atoms with van der Waals surface area (Å²) in [6.07, 6.45) is 4.72. The van der Waals surface area contributed by atoms with Gasteiger partial charge in [0.15, 0.2) is 0 Å². The molecule has 1 aliphatic heterocycles. The summed E-state index contributed by atoms with van der Waals surface area (Å²) in [5.41, 5.74) is 5.13. The highest BCUT2D eigenvalue weighted by atomic mass is 35.5. The van der Waals surface area contributed by atoms with E-state index < -0.39 is 0 Å². The highest BCUT2D eigenvalue weighted by Gasteiger charge is 2.26. The second kappa shape index (κ2) is 12.6. The van der Waals surface area contributed by atoms with Crippen LogP contribution in [0.15, 0.2) is 68.8 Å². The Morgan fingerprint density at radius 2 is 1.54 bits per heavy atom. The van der Waals surface area contributed by atoms with Crippen molar-refractivity contribution >= 4 is 11.6 Å². The van der Waals surface area contributed by atoms with Crippen molar-refractivity contribution in [2.75, 3.05) is 0 Å². The predicted molar refractivity (Wildman–Crippen MR) is 124 cm³/mol. The topological polar surface area (TPSA) is 9.23 Å². The first-order valence-electron chi connectivity index (χ1n) is 10.1. The zero-order valence-corrected chi connectivity index (χ0v) is 18.5. The molecule has 3 rings (SSSR count). The molecule has 3 atom stereocenters. The molecular weight excluding hydrogens is 364 g/mol. The van der Waals surface area contributed by atoms with Crippen LogP contribution in [0.2, 0.25) is 5.02 Å². The number of hydrogen-bond donors (Lipinski definition) is 0. The summed E-state index contributed by atoms with van der Waals surface area (Å²) in [7, 11) is 0. The summed E-state index contributed by atoms with van der Waals surface area (Å²) in [6, 6.07) is 15.2. The van der Waals surface area contributed by atoms with Crippen LogP contribution < -0.4 is 0 Å². The molecule has 0 saturated carbocycles. The number of aryl methyl sites for hydroxylation is 1. The van der Waals surface area contributed by atoms with Crippen LogP contribution in [0.1, 0.15) is 62.0 Å². The van der Waals surface area contributed by atoms with E-state index in [4.69, 9.17) is 16.3 Å². The van der Waals surface area contributed by atoms with Crippen molar-refractivity contribution in [3.8, 4) is 0 Å². The normalized spacial score (nSPS) is 20.9. The summed E-state index contributed by atoms with van der Waals surface area (Å²) in [5.74, 6) is 0.708. The zero-order valence-electron chi connectivity index (χ0n) is 17.7. The average molecular weight is 399 g/mol. The molecule has 1 nitrogen and oxygen atoms in total. The molecule has 1 unspecified atom stereocenters. The van der Waals surface area contributed by atoms with Crippen molar-refractivity contribution in [2.45, 2.75) is 58.7 Å². The summed E-state index contributed by atoms with van der Waals surface area (Å²) in [4.78, 5) is 0. The summed E-state index contributed by atoms with van der Waals surface area (Å²) >= 11 is 6.46. The molecule has 1 heterocycles. The molecule has 0 N–H and O–H groups in total. The van der Waals surface area contributed by atoms with Crippen molar-refractivity contribution in [1.29, 1.82) is 0 Å². The van der Waals surface area contributed by atoms with Crippen LogP contribution in [0, 0.1) is 5.92 Å². The fraction of sp³-hybridized carbons (Fsp3) is 0.385. The van der Waals surface area contributed by atoms with E-state index in [0.717, 1.165) is 30.7 Å². The molecule has 0 bridgehead atoms. The van der Waals surface area contributed by atoms with Gasteiger partial charge >= 0.3 is 0 Å². The fourth-order valence-corrected chi connectivity index (χ4v) is 3.86. The molecule has 28 heavy (non-hydrogen) atoms. The standard InChI is InChI=1S/C22H27ClO.2C2H4/c1-4-17-5-7-18(8-6-17)13-20-14-19(9-10-21(20)23)22-12-15(2)11-16(3)24-22;2*1-2/h5-10,14-16,22H,4,11-13H2,1-3H3;2*1-2H2/t15-,16+,22?;;/m0../s1. The van der Waals surface area contributed by atoms with E-state index in [0.29, 0.717) is 12.0 Å². The number of halogens is 1. The Hall–Kier alpha value is -1.83. The lowest BCUT2D eigenvalue weighted by Crippen LogP contribution is -2.24. The Balaban J connectivity index is 0.000000921. The van der Waals surface area contributed by atoms with Gasteiger partial charge in [0.1, 0.15) is 0 Å². The van der Waals surface area contributed by atoms with Gasteiger partial charge in [0.05, 0.1) is 12.2 Å². The SMILES string of the molecule is C=C.C=C.CCc1ccc(Cc2cc(C3C[C@@H](C)C[C@@H](C)O3)ccc2Cl)cc1. The molecule has 0 aromatic heterocycles. The minimum atomic E-state index is 0.197. The molecule has 1 aliphatic rings. The number of ether oxygens (including phenoxy) is 1. The van der Waals surface area contributed by atoms with Crippen molar-refractivity contribution in [1.82, 2.24) is 0 Å². The summed E-state index contributed by atoms with van der Waals surface area (Å²) < 4.78 is 6.18. The van der Waals surface area contributed by atoms with E-state index in [-0.39, 0.29) is 6.10 Å². The Morgan fingerprint density at radius 3 is 2.11 bits per heavy atom. The van der Waals surface area contributed by atoms with E-state index in [1.807, 2.05) is 6.07 Å². The quantitative estimate of drug-likeness (QED) is 0.474. The van der Waals surface area contributed by atoms with Crippen molar-refractivity contribution in [2.24, 2.45) is 5.92 Å². The highest BCUT2D eigenvalue weighted by molar-refractivity contribution is 6.31. The maximum absolute atomic E-state index is 6.46. The van der Waals surface area contributed by atoms with Crippen LogP contribution in [0.25, 0.3) is 0 Å². The molecule has 1 saturated heterocycles. The smallest absolute Gasteiger partial charge is 0.0831 e. The fourth-order valence-electron chi connectivity index (χ4n) is 3.68. The van der Waals surface area contributed by atoms with E-state index in [1.54, 1.807) is 0 Å². The third-order valence-corrected chi connectivity index (χ3v) is 5.38. The zero-order chi connectivity index (χ0) is 21.1. The molecule has 2 aromatic rings. The molecule has 0 amide bonds. The number of benzene rings is 2. The first-order valence-corrected chi connectivity index (χ1v) is 10.4. The largest absolute Gasteiger partial charge is 0.371 e. The Bertz CT molecular complexity index is 695. The van der Waals surface area contributed by atoms with Gasteiger partial charge in [-0.2, -0.15) is 0 Å². The Labute approximate surface area is 177 Å². The highest BCUT2D eigenvalue weighted by Crippen LogP contribution is 2.36. The van der Waals surface area contributed by atoms with Crippen LogP contribution in [0.3, 0.4) is 0 Å². The van der Waals surface area contributed by atoms with E-state index in [2.05, 4.69) is 83.5 Å². The minimum absolute atomic E-state index is 0.197. The number of rotatable bonds is 4. The monoisotopic (exact) mass is 398 g/mol. The van der Waals surface area contributed by atoms with Crippen LogP contribution in [-0.4, -0.2) is 6.10 Å². The summed E-state index contributed by atoms with van der Waals surface area (Å²) in [5, 5.41) is 0.843. The van der Waals surface area contributed by atoms with Gasteiger partial charge in [0, 0.05) is 5.02 Å². The third-order valence-electron chi connectivity index (χ3n) is 5.01. The van der Waals surface area contributed by atoms with Gasteiger partial charge < -0.3 is 4.74 Å². The maximum atomic E-state index is 6.46. The van der Waals surface area contributed by atoms with Crippen molar-refractivity contribution in [3.05, 3.63) is 96.1 Å². The van der Waals surface area contributed by atoms with Crippen molar-refractivity contribution < 1.29 is 4.74 Å². The lowest BCUT2D eigenvalue weighted by Gasteiger charge is -2.32. The molecule has 2 heteroatoms. The second-order valence-electron chi connectivity index (χ2n) is 7.21. The molecule has 152 valence electrons. The third kappa shape index (κ3) is 6.96. The first kappa shape index (κ1) is 24.2. The van der Waals surface area contributed by atoms with Crippen molar-refractivity contribution in [3.63, 3.8) is 0 Å². The Kier molecular flexibility index (Phi) is 10.9. The molecule has 1 fully saturated rings. The summed E-state index contributed by atoms with van der Waals surface area (Å²) in [6.45, 7) is 18.7. The lowest BCUT2D eigenvalue weighted by atomic mass is 9.89. The van der Waals surface area contributed by atoms with Crippen LogP contribution in [0.5, 0.6) is 0 Å². The minimum Gasteiger partial charge on any atom is -0.371 e. The van der Waals surface area contributed by atoms with E-state index >= 15 is 0 Å². The molecule has 0 aliphatic carbocycles. The van der Waals surface area contributed by atoms with Gasteiger partial charge in [-0.15, -0.1) is 26.3 Å². The lowest BCUT2D eigenvalue weighted by molar-refractivity contribution is -0.0604. The Morgan fingerprint density at radius 1 is 0.929 bits per heavy atom. The average Bonchev–Trinajstić information content (AvgIpc) is 2.72. The van der Waals surface area contributed by atoms with Gasteiger partial charge in [-0.3, -0.25) is 0 Å². The predicted octanol–water partition coefficient (Wildman–Crippen LogP) is 7.97. The van der Waals surface area contributed by atoms with Gasteiger partial charge in [-0.25, -0.2) is 0 Å². The van der Waals surface area contributed by atoms with Crippen LogP contribution in [0.4, 0.5) is 0 Å². The molecule has 0 radical (unpaired) electrons. The van der Waals surface area contributed by atoms with Gasteiger partial charge in [-0.05, 0) is 66.8 Å². The number of hydrogen-bond acceptors (Lipinski definition) is 1. The van der Waals surface area contributed by atoms with Crippen LogP contribution in [-0.2, 0) is 17.6 Å². The van der Waals surface area contributed by atoms with Crippen LogP contribution >= 0.6 is 11.6 Å². The van der Waals surface area contributed by atoms with Gasteiger partial charge in [0.25, 0.3) is 0 Å². The van der Waals surface area contributed by atoms with E-state index in [1.165, 1.54) is 22.3 Å². The maximum Gasteiger partial charge on any atom is 0.0831 e. The van der Waals surface area contributed by atoms with E-state index in [9.17, 15) is 0 Å². The van der Waals surface area contributed by atoms with Gasteiger partial charge in [-0.1, -0.05) is 61.8 Å². The van der Waals surface area contributed by atoms with Gasteiger partial charge in [0.2, 0.25) is 0 Å². The molecule has 2 aromatic carbocycles.